The average Bonchev–Trinajstić information content (AvgIpc) is 2.77. The summed E-state index contributed by atoms with van der Waals surface area (Å²) in [5.74, 6) is 1.36. The first-order valence-corrected chi connectivity index (χ1v) is 11.5. The van der Waals surface area contributed by atoms with E-state index in [1.165, 1.54) is 11.1 Å². The van der Waals surface area contributed by atoms with Gasteiger partial charge in [0.1, 0.15) is 0 Å². The van der Waals surface area contributed by atoms with Gasteiger partial charge in [0.2, 0.25) is 5.95 Å². The van der Waals surface area contributed by atoms with Gasteiger partial charge in [-0.15, -0.1) is 0 Å². The first kappa shape index (κ1) is 22.3. The molecule has 2 aromatic carbocycles. The molecule has 0 aliphatic carbocycles. The summed E-state index contributed by atoms with van der Waals surface area (Å²) in [6.07, 6.45) is 1.70. The lowest BCUT2D eigenvalue weighted by Gasteiger charge is -2.39. The number of hydrogen-bond donors (Lipinski definition) is 0. The van der Waals surface area contributed by atoms with Gasteiger partial charge in [0.25, 0.3) is 5.56 Å². The highest BCUT2D eigenvalue weighted by Gasteiger charge is 2.28. The van der Waals surface area contributed by atoms with Crippen LogP contribution in [0.25, 0.3) is 0 Å². The molecule has 0 N–H and O–H groups in total. The summed E-state index contributed by atoms with van der Waals surface area (Å²) >= 11 is 0. The predicted octanol–water partition coefficient (Wildman–Crippen LogP) is 5.17. The molecule has 5 heteroatoms. The highest BCUT2D eigenvalue weighted by Crippen LogP contribution is 2.29. The van der Waals surface area contributed by atoms with Crippen LogP contribution in [0.4, 0.5) is 11.6 Å². The number of fused-ring (bicyclic) bond motifs is 1. The number of nitrogens with zero attached hydrogens (tertiary/aromatic N) is 4. The smallest absolute Gasteiger partial charge is 0.259 e. The quantitative estimate of drug-likeness (QED) is 0.541. The third-order valence-corrected chi connectivity index (χ3v) is 6.42. The number of aromatic nitrogens is 2. The summed E-state index contributed by atoms with van der Waals surface area (Å²) in [7, 11) is 0. The van der Waals surface area contributed by atoms with Gasteiger partial charge >= 0.3 is 0 Å². The zero-order valence-corrected chi connectivity index (χ0v) is 19.9. The molecule has 0 bridgehead atoms. The third kappa shape index (κ3) is 4.63. The van der Waals surface area contributed by atoms with E-state index in [0.717, 1.165) is 48.1 Å². The molecule has 4 rings (SSSR count). The Morgan fingerprint density at radius 2 is 1.72 bits per heavy atom. The van der Waals surface area contributed by atoms with Crippen LogP contribution in [-0.4, -0.2) is 27.7 Å². The summed E-state index contributed by atoms with van der Waals surface area (Å²) in [6, 6.07) is 16.7. The van der Waals surface area contributed by atoms with Crippen molar-refractivity contribution in [2.24, 2.45) is 5.92 Å². The number of benzene rings is 2. The second-order valence-corrected chi connectivity index (χ2v) is 9.43. The van der Waals surface area contributed by atoms with Crippen LogP contribution in [-0.2, 0) is 13.1 Å². The van der Waals surface area contributed by atoms with Gasteiger partial charge in [0.15, 0.2) is 0 Å². The molecule has 0 spiro atoms. The summed E-state index contributed by atoms with van der Waals surface area (Å²) in [6.45, 7) is 13.0. The van der Waals surface area contributed by atoms with Crippen LogP contribution in [0.15, 0.2) is 53.3 Å². The van der Waals surface area contributed by atoms with E-state index >= 15 is 0 Å². The van der Waals surface area contributed by atoms with Gasteiger partial charge in [-0.1, -0.05) is 50.2 Å². The van der Waals surface area contributed by atoms with Gasteiger partial charge in [-0.2, -0.15) is 0 Å². The van der Waals surface area contributed by atoms with Crippen molar-refractivity contribution in [3.63, 3.8) is 0 Å². The van der Waals surface area contributed by atoms with E-state index in [1.54, 1.807) is 0 Å². The second kappa shape index (κ2) is 9.29. The van der Waals surface area contributed by atoms with Crippen molar-refractivity contribution in [3.8, 4) is 0 Å². The summed E-state index contributed by atoms with van der Waals surface area (Å²) in [4.78, 5) is 23.2. The van der Waals surface area contributed by atoms with Crippen LogP contribution < -0.4 is 10.5 Å². The Morgan fingerprint density at radius 3 is 2.41 bits per heavy atom. The molecule has 1 aliphatic rings. The molecule has 0 amide bonds. The molecule has 3 aromatic rings. The van der Waals surface area contributed by atoms with Crippen molar-refractivity contribution in [1.29, 1.82) is 0 Å². The van der Waals surface area contributed by atoms with Crippen LogP contribution in [0, 0.1) is 26.7 Å². The molecule has 5 nitrogen and oxygen atoms in total. The molecule has 0 atom stereocenters. The van der Waals surface area contributed by atoms with Crippen LogP contribution >= 0.6 is 0 Å². The molecular formula is C27H34N4O. The molecule has 2 heterocycles. The summed E-state index contributed by atoms with van der Waals surface area (Å²) < 4.78 is 1.87. The van der Waals surface area contributed by atoms with Crippen molar-refractivity contribution in [2.75, 3.05) is 18.1 Å². The van der Waals surface area contributed by atoms with E-state index in [9.17, 15) is 4.79 Å². The lowest BCUT2D eigenvalue weighted by molar-refractivity contribution is 0.188. The summed E-state index contributed by atoms with van der Waals surface area (Å²) in [5, 5.41) is 0. The van der Waals surface area contributed by atoms with Crippen LogP contribution in [0.1, 0.15) is 48.2 Å². The van der Waals surface area contributed by atoms with Crippen molar-refractivity contribution in [2.45, 2.75) is 54.1 Å². The minimum atomic E-state index is 0.0689. The zero-order valence-electron chi connectivity index (χ0n) is 19.9. The molecule has 1 aliphatic heterocycles. The minimum absolute atomic E-state index is 0.0689. The lowest BCUT2D eigenvalue weighted by atomic mass is 10.0. The third-order valence-electron chi connectivity index (χ3n) is 6.42. The first-order valence-electron chi connectivity index (χ1n) is 11.5. The van der Waals surface area contributed by atoms with Gasteiger partial charge in [-0.3, -0.25) is 19.2 Å². The summed E-state index contributed by atoms with van der Waals surface area (Å²) in [5.41, 5.74) is 6.39. The van der Waals surface area contributed by atoms with Crippen LogP contribution in [0.2, 0.25) is 0 Å². The highest BCUT2D eigenvalue weighted by molar-refractivity contribution is 5.60. The zero-order chi connectivity index (χ0) is 22.8. The predicted molar refractivity (Wildman–Crippen MR) is 132 cm³/mol. The Balaban J connectivity index is 1.78. The SMILES string of the molecule is Cc1ccc(N2CN(CCC(C)C)Cn3c2nc(C)c(Cc2ccccc2)c3=O)cc1C. The van der Waals surface area contributed by atoms with E-state index in [-0.39, 0.29) is 5.56 Å². The van der Waals surface area contributed by atoms with Crippen LogP contribution in [0.5, 0.6) is 0 Å². The Labute approximate surface area is 191 Å². The Bertz CT molecular complexity index is 1150. The molecule has 0 saturated carbocycles. The fraction of sp³-hybridized carbons (Fsp3) is 0.407. The Hall–Kier alpha value is -2.92. The fourth-order valence-corrected chi connectivity index (χ4v) is 4.20. The van der Waals surface area contributed by atoms with E-state index in [4.69, 9.17) is 4.98 Å². The van der Waals surface area contributed by atoms with Gasteiger partial charge in [0.05, 0.1) is 19.0 Å². The van der Waals surface area contributed by atoms with Gasteiger partial charge in [-0.25, -0.2) is 4.98 Å². The minimum Gasteiger partial charge on any atom is -0.298 e. The topological polar surface area (TPSA) is 41.4 Å². The standard InChI is InChI=1S/C27H34N4O/c1-19(2)13-14-29-17-30(24-12-11-20(3)21(4)15-24)27-28-22(5)25(26(32)31(27)18-29)16-23-9-7-6-8-10-23/h6-12,15,19H,13-14,16-18H2,1-5H3. The highest BCUT2D eigenvalue weighted by atomic mass is 16.1. The molecular weight excluding hydrogens is 396 g/mol. The lowest BCUT2D eigenvalue weighted by Crippen LogP contribution is -2.48. The molecule has 168 valence electrons. The first-order chi connectivity index (χ1) is 15.3. The van der Waals surface area contributed by atoms with Crippen molar-refractivity contribution < 1.29 is 0 Å². The van der Waals surface area contributed by atoms with Crippen LogP contribution in [0.3, 0.4) is 0 Å². The molecule has 0 fully saturated rings. The van der Waals surface area contributed by atoms with Gasteiger partial charge in [0, 0.05) is 24.2 Å². The monoisotopic (exact) mass is 430 g/mol. The maximum absolute atomic E-state index is 13.7. The van der Waals surface area contributed by atoms with E-state index in [1.807, 2.05) is 29.7 Å². The number of hydrogen-bond acceptors (Lipinski definition) is 4. The molecule has 0 radical (unpaired) electrons. The Morgan fingerprint density at radius 1 is 0.969 bits per heavy atom. The van der Waals surface area contributed by atoms with Crippen molar-refractivity contribution in [1.82, 2.24) is 14.5 Å². The average molecular weight is 431 g/mol. The molecule has 0 saturated heterocycles. The molecule has 1 aromatic heterocycles. The number of anilines is 2. The van der Waals surface area contributed by atoms with Crippen molar-refractivity contribution >= 4 is 11.6 Å². The maximum atomic E-state index is 13.7. The van der Waals surface area contributed by atoms with Gasteiger partial charge < -0.3 is 0 Å². The van der Waals surface area contributed by atoms with E-state index in [2.05, 4.69) is 67.8 Å². The fourth-order valence-electron chi connectivity index (χ4n) is 4.20. The molecule has 0 unspecified atom stereocenters. The van der Waals surface area contributed by atoms with Crippen molar-refractivity contribution in [3.05, 3.63) is 86.8 Å². The van der Waals surface area contributed by atoms with E-state index < -0.39 is 0 Å². The normalized spacial score (nSPS) is 14.1. The van der Waals surface area contributed by atoms with E-state index in [0.29, 0.717) is 19.0 Å². The molecule has 32 heavy (non-hydrogen) atoms. The Kier molecular flexibility index (Phi) is 6.47. The second-order valence-electron chi connectivity index (χ2n) is 9.43. The largest absolute Gasteiger partial charge is 0.298 e. The van der Waals surface area contributed by atoms with Gasteiger partial charge in [-0.05, 0) is 61.9 Å². The number of aryl methyl sites for hydroxylation is 3. The number of rotatable bonds is 6. The maximum Gasteiger partial charge on any atom is 0.259 e.